The second kappa shape index (κ2) is 9.64. The quantitative estimate of drug-likeness (QED) is 0.307. The number of ketones is 1. The summed E-state index contributed by atoms with van der Waals surface area (Å²) >= 11 is 0. The van der Waals surface area contributed by atoms with Gasteiger partial charge in [0, 0.05) is 18.4 Å². The van der Waals surface area contributed by atoms with Crippen LogP contribution in [-0.2, 0) is 19.2 Å². The lowest BCUT2D eigenvalue weighted by Crippen LogP contribution is -2.56. The van der Waals surface area contributed by atoms with Gasteiger partial charge in [-0.25, -0.2) is 0 Å². The predicted molar refractivity (Wildman–Crippen MR) is 103 cm³/mol. The Kier molecular flexibility index (Phi) is 7.73. The number of likely N-dealkylation sites (tertiary alicyclic amines) is 1. The average molecular weight is 412 g/mol. The molecule has 1 unspecified atom stereocenters. The van der Waals surface area contributed by atoms with Crippen molar-refractivity contribution in [2.75, 3.05) is 6.54 Å². The normalized spacial score (nSPS) is 28.4. The number of nitrogens with one attached hydrogen (secondary N) is 1. The zero-order chi connectivity index (χ0) is 21.9. The van der Waals surface area contributed by atoms with Gasteiger partial charge in [0.05, 0.1) is 18.2 Å². The maximum absolute atomic E-state index is 13.2. The van der Waals surface area contributed by atoms with Crippen LogP contribution in [0.3, 0.4) is 0 Å². The van der Waals surface area contributed by atoms with E-state index in [0.29, 0.717) is 38.6 Å². The molecule has 0 spiro atoms. The number of Topliss-reactive ketones (excluding diaryl/α,β-unsaturated/α-hetero) is 1. The van der Waals surface area contributed by atoms with E-state index in [0.717, 1.165) is 0 Å². The Bertz CT molecular complexity index is 653. The summed E-state index contributed by atoms with van der Waals surface area (Å²) in [5.74, 6) is -3.19. The fourth-order valence-corrected chi connectivity index (χ4v) is 4.28. The van der Waals surface area contributed by atoms with Gasteiger partial charge in [0.25, 0.3) is 0 Å². The van der Waals surface area contributed by atoms with Crippen LogP contribution in [0.25, 0.3) is 0 Å². The number of amides is 3. The number of rotatable bonds is 8. The van der Waals surface area contributed by atoms with E-state index in [-0.39, 0.29) is 11.7 Å². The van der Waals surface area contributed by atoms with Crippen molar-refractivity contribution in [3.8, 4) is 0 Å². The van der Waals surface area contributed by atoms with E-state index >= 15 is 0 Å². The number of hydrogen-bond acceptors (Lipinski definition) is 7. The molecule has 0 aromatic rings. The minimum atomic E-state index is -1.25. The zero-order valence-corrected chi connectivity index (χ0v) is 16.9. The molecule has 2 fully saturated rings. The molecule has 0 aromatic carbocycles. The third kappa shape index (κ3) is 5.12. The first kappa shape index (κ1) is 23.2. The first-order valence-electron chi connectivity index (χ1n) is 10.1. The summed E-state index contributed by atoms with van der Waals surface area (Å²) in [6.07, 6.45) is 0.586. The smallest absolute Gasteiger partial charge is 0.243 e. The second-order valence-corrected chi connectivity index (χ2v) is 8.13. The van der Waals surface area contributed by atoms with E-state index in [2.05, 4.69) is 5.32 Å². The summed E-state index contributed by atoms with van der Waals surface area (Å²) in [7, 11) is 0. The minimum Gasteiger partial charge on any atom is -0.391 e. The largest absolute Gasteiger partial charge is 0.391 e. The number of aliphatic hydroxyl groups excluding tert-OH is 2. The number of hydrogen-bond donors (Lipinski definition) is 5. The summed E-state index contributed by atoms with van der Waals surface area (Å²) in [6, 6.07) is -3.08. The molecule has 164 valence electrons. The Morgan fingerprint density at radius 3 is 2.17 bits per heavy atom. The van der Waals surface area contributed by atoms with Gasteiger partial charge in [0.2, 0.25) is 17.7 Å². The maximum atomic E-state index is 13.2. The zero-order valence-electron chi connectivity index (χ0n) is 16.9. The van der Waals surface area contributed by atoms with Crippen molar-refractivity contribution in [1.82, 2.24) is 10.2 Å². The van der Waals surface area contributed by atoms with Gasteiger partial charge in [-0.05, 0) is 39.5 Å². The molecule has 2 rings (SSSR count). The highest BCUT2D eigenvalue weighted by Crippen LogP contribution is 2.36. The maximum Gasteiger partial charge on any atom is 0.243 e. The van der Waals surface area contributed by atoms with Gasteiger partial charge in [0.15, 0.2) is 5.78 Å². The molecule has 1 heterocycles. The van der Waals surface area contributed by atoms with Crippen molar-refractivity contribution in [1.29, 1.82) is 0 Å². The molecule has 10 heteroatoms. The fourth-order valence-electron chi connectivity index (χ4n) is 4.28. The molecular weight excluding hydrogens is 380 g/mol. The highest BCUT2D eigenvalue weighted by atomic mass is 16.3. The van der Waals surface area contributed by atoms with Gasteiger partial charge in [-0.1, -0.05) is 6.42 Å². The number of nitrogens with two attached hydrogens (primary N) is 2. The Labute approximate surface area is 170 Å². The molecule has 0 radical (unpaired) electrons. The van der Waals surface area contributed by atoms with E-state index in [9.17, 15) is 29.4 Å². The Balaban J connectivity index is 2.11. The second-order valence-electron chi connectivity index (χ2n) is 8.13. The van der Waals surface area contributed by atoms with Crippen molar-refractivity contribution in [3.05, 3.63) is 0 Å². The Hall–Kier alpha value is -2.04. The lowest BCUT2D eigenvalue weighted by molar-refractivity contribution is -0.145. The first-order valence-corrected chi connectivity index (χ1v) is 10.1. The number of aliphatic hydroxyl groups is 2. The van der Waals surface area contributed by atoms with Crippen molar-refractivity contribution >= 4 is 23.5 Å². The SMILES string of the molecule is C[C@@H](O)[C@H](N)C(=O)C1CCC[C@H]1C(=O)N1CCC[C@H]1C(=O)N[C@H](C(N)=O)[C@@H](C)O. The van der Waals surface area contributed by atoms with Crippen LogP contribution >= 0.6 is 0 Å². The number of carbonyl (C=O) groups excluding carboxylic acids is 4. The van der Waals surface area contributed by atoms with Crippen molar-refractivity contribution in [3.63, 3.8) is 0 Å². The summed E-state index contributed by atoms with van der Waals surface area (Å²) in [4.78, 5) is 51.3. The third-order valence-electron chi connectivity index (χ3n) is 5.97. The lowest BCUT2D eigenvalue weighted by atomic mass is 9.86. The average Bonchev–Trinajstić information content (AvgIpc) is 3.32. The van der Waals surface area contributed by atoms with E-state index in [1.807, 2.05) is 0 Å². The van der Waals surface area contributed by atoms with Gasteiger partial charge < -0.3 is 31.9 Å². The molecule has 29 heavy (non-hydrogen) atoms. The molecule has 3 amide bonds. The summed E-state index contributed by atoms with van der Waals surface area (Å²) in [5, 5.41) is 21.7. The van der Waals surface area contributed by atoms with Crippen molar-refractivity contribution in [2.45, 2.75) is 76.3 Å². The van der Waals surface area contributed by atoms with E-state index < -0.39 is 54.0 Å². The molecular formula is C19H32N4O6. The van der Waals surface area contributed by atoms with Crippen LogP contribution in [0.2, 0.25) is 0 Å². The van der Waals surface area contributed by atoms with Gasteiger partial charge in [-0.2, -0.15) is 0 Å². The topological polar surface area (TPSA) is 176 Å². The first-order chi connectivity index (χ1) is 13.6. The molecule has 0 aromatic heterocycles. The summed E-state index contributed by atoms with van der Waals surface area (Å²) in [6.45, 7) is 3.15. The number of nitrogens with zero attached hydrogens (tertiary/aromatic N) is 1. The highest BCUT2D eigenvalue weighted by molar-refractivity contribution is 5.95. The third-order valence-corrected chi connectivity index (χ3v) is 5.97. The van der Waals surface area contributed by atoms with Crippen LogP contribution in [0.4, 0.5) is 0 Å². The molecule has 1 saturated heterocycles. The van der Waals surface area contributed by atoms with Crippen LogP contribution in [-0.4, -0.2) is 75.5 Å². The standard InChI is InChI=1S/C19H32N4O6/c1-9(24)14(20)16(26)11-5-3-6-12(11)19(29)23-8-4-7-13(23)18(28)22-15(10(2)25)17(21)27/h9-15,24-25H,3-8,20H2,1-2H3,(H2,21,27)(H,22,28)/t9-,10-,11?,12-,13+,14+,15+/m1/s1. The van der Waals surface area contributed by atoms with E-state index in [1.165, 1.54) is 18.7 Å². The summed E-state index contributed by atoms with van der Waals surface area (Å²) in [5.41, 5.74) is 11.0. The lowest BCUT2D eigenvalue weighted by Gasteiger charge is -2.30. The highest BCUT2D eigenvalue weighted by Gasteiger charge is 2.45. The van der Waals surface area contributed by atoms with Crippen molar-refractivity contribution in [2.24, 2.45) is 23.3 Å². The molecule has 2 aliphatic rings. The molecule has 10 nitrogen and oxygen atoms in total. The number of primary amides is 1. The Morgan fingerprint density at radius 2 is 1.62 bits per heavy atom. The van der Waals surface area contributed by atoms with E-state index in [4.69, 9.17) is 11.5 Å². The van der Waals surface area contributed by atoms with Gasteiger partial charge in [0.1, 0.15) is 12.1 Å². The van der Waals surface area contributed by atoms with Crippen LogP contribution in [0.5, 0.6) is 0 Å². The van der Waals surface area contributed by atoms with Crippen LogP contribution in [0.1, 0.15) is 46.0 Å². The van der Waals surface area contributed by atoms with Crippen LogP contribution in [0.15, 0.2) is 0 Å². The van der Waals surface area contributed by atoms with Crippen LogP contribution in [0, 0.1) is 11.8 Å². The molecule has 1 aliphatic heterocycles. The Morgan fingerprint density at radius 1 is 1.00 bits per heavy atom. The fraction of sp³-hybridized carbons (Fsp3) is 0.789. The van der Waals surface area contributed by atoms with Crippen molar-refractivity contribution < 1.29 is 29.4 Å². The molecule has 7 atom stereocenters. The van der Waals surface area contributed by atoms with Crippen LogP contribution < -0.4 is 16.8 Å². The van der Waals surface area contributed by atoms with E-state index in [1.54, 1.807) is 0 Å². The molecule has 7 N–H and O–H groups in total. The number of carbonyl (C=O) groups is 4. The minimum absolute atomic E-state index is 0.288. The van der Waals surface area contributed by atoms with Gasteiger partial charge >= 0.3 is 0 Å². The molecule has 0 bridgehead atoms. The predicted octanol–water partition coefficient (Wildman–Crippen LogP) is -1.98. The monoisotopic (exact) mass is 412 g/mol. The summed E-state index contributed by atoms with van der Waals surface area (Å²) < 4.78 is 0. The molecule has 1 saturated carbocycles. The van der Waals surface area contributed by atoms with Gasteiger partial charge in [-0.15, -0.1) is 0 Å². The van der Waals surface area contributed by atoms with Gasteiger partial charge in [-0.3, -0.25) is 19.2 Å². The molecule has 1 aliphatic carbocycles.